The molecule has 0 N–H and O–H groups in total. The van der Waals surface area contributed by atoms with Crippen molar-refractivity contribution in [3.63, 3.8) is 0 Å². The summed E-state index contributed by atoms with van der Waals surface area (Å²) in [7, 11) is 1.06. The topological polar surface area (TPSA) is 38.5 Å². The fourth-order valence-corrected chi connectivity index (χ4v) is 1.03. The van der Waals surface area contributed by atoms with Gasteiger partial charge in [0, 0.05) is 6.07 Å². The lowest BCUT2D eigenvalue weighted by molar-refractivity contribution is -0.737. The molecule has 0 saturated heterocycles. The molecule has 1 rings (SSSR count). The Balaban J connectivity index is 2.99. The van der Waals surface area contributed by atoms with E-state index in [-0.39, 0.29) is 10.6 Å². The lowest BCUT2D eigenvalue weighted by atomic mass is 10.3. The lowest BCUT2D eigenvalue weighted by Crippen LogP contribution is -2.10. The maximum atomic E-state index is 13.2. The van der Waals surface area contributed by atoms with E-state index in [0.29, 0.717) is 0 Å². The Hall–Kier alpha value is -1.79. The minimum Gasteiger partial charge on any atom is -0.479 e. The summed E-state index contributed by atoms with van der Waals surface area (Å²) >= 11 is 0. The summed E-state index contributed by atoms with van der Waals surface area (Å²) in [6.45, 7) is -0.995. The van der Waals surface area contributed by atoms with Gasteiger partial charge in [-0.05, 0) is 6.07 Å². The first kappa shape index (κ1) is 12.3. The molecule has 0 aliphatic carbocycles. The molecule has 0 amide bonds. The molecule has 0 heterocycles. The van der Waals surface area contributed by atoms with Crippen molar-refractivity contribution < 1.29 is 27.7 Å². The van der Waals surface area contributed by atoms with Crippen molar-refractivity contribution in [3.8, 4) is 5.75 Å². The molecule has 0 radical (unpaired) electrons. The molecule has 88 valence electrons. The van der Waals surface area contributed by atoms with Gasteiger partial charge in [0.25, 0.3) is 11.3 Å². The third kappa shape index (κ3) is 2.85. The predicted octanol–water partition coefficient (Wildman–Crippen LogP) is 2.44. The number of ether oxygens (including phenoxy) is 1. The number of para-hydroxylation sites is 1. The molecule has 0 unspecified atom stereocenters. The van der Waals surface area contributed by atoms with Gasteiger partial charge in [0.15, 0.2) is 12.9 Å². The number of hydrogen-bond donors (Lipinski definition) is 0. The SMILES string of the molecule is CO[N+](=O)c1cccc(F)c1OCC(F)F. The van der Waals surface area contributed by atoms with Gasteiger partial charge >= 0.3 is 5.69 Å². The highest BCUT2D eigenvalue weighted by atomic mass is 19.3. The fraction of sp³-hybridized carbons (Fsp3) is 0.333. The summed E-state index contributed by atoms with van der Waals surface area (Å²) in [4.78, 5) is 15.3. The molecular weight excluding hydrogens is 227 g/mol. The van der Waals surface area contributed by atoms with Crippen LogP contribution in [0.4, 0.5) is 18.9 Å². The number of alkyl halides is 2. The smallest absolute Gasteiger partial charge is 0.361 e. The molecule has 7 heteroatoms. The van der Waals surface area contributed by atoms with Crippen molar-refractivity contribution in [1.29, 1.82) is 0 Å². The molecule has 0 fully saturated rings. The average Bonchev–Trinajstić information content (AvgIpc) is 2.25. The van der Waals surface area contributed by atoms with E-state index in [1.807, 2.05) is 0 Å². The van der Waals surface area contributed by atoms with Gasteiger partial charge in [-0.25, -0.2) is 18.0 Å². The van der Waals surface area contributed by atoms with Gasteiger partial charge in [-0.2, -0.15) is 0 Å². The average molecular weight is 236 g/mol. The van der Waals surface area contributed by atoms with Crippen LogP contribution in [-0.2, 0) is 4.84 Å². The minimum atomic E-state index is -2.75. The second kappa shape index (κ2) is 5.34. The van der Waals surface area contributed by atoms with Gasteiger partial charge in [0.1, 0.15) is 6.61 Å². The molecule has 0 spiro atoms. The second-order valence-electron chi connectivity index (χ2n) is 2.73. The zero-order chi connectivity index (χ0) is 12.1. The van der Waals surface area contributed by atoms with Crippen LogP contribution in [0.15, 0.2) is 18.2 Å². The van der Waals surface area contributed by atoms with E-state index in [2.05, 4.69) is 9.57 Å². The van der Waals surface area contributed by atoms with Crippen molar-refractivity contribution in [2.24, 2.45) is 0 Å². The van der Waals surface area contributed by atoms with Crippen molar-refractivity contribution >= 4 is 5.69 Å². The van der Waals surface area contributed by atoms with E-state index < -0.39 is 24.6 Å². The van der Waals surface area contributed by atoms with Crippen LogP contribution >= 0.6 is 0 Å². The Kier molecular flexibility index (Phi) is 4.10. The molecule has 1 aromatic rings. The lowest BCUT2D eigenvalue weighted by Gasteiger charge is -2.05. The number of benzene rings is 1. The van der Waals surface area contributed by atoms with Gasteiger partial charge in [0.2, 0.25) is 5.75 Å². The quantitative estimate of drug-likeness (QED) is 0.737. The number of rotatable bonds is 5. The van der Waals surface area contributed by atoms with E-state index in [9.17, 15) is 18.1 Å². The predicted molar refractivity (Wildman–Crippen MR) is 48.2 cm³/mol. The molecule has 0 aliphatic rings. The van der Waals surface area contributed by atoms with Crippen molar-refractivity contribution in [3.05, 3.63) is 28.9 Å². The fourth-order valence-electron chi connectivity index (χ4n) is 1.03. The first-order valence-electron chi connectivity index (χ1n) is 4.27. The van der Waals surface area contributed by atoms with Crippen LogP contribution in [0.2, 0.25) is 0 Å². The van der Waals surface area contributed by atoms with Gasteiger partial charge in [-0.15, -0.1) is 0 Å². The maximum Gasteiger partial charge on any atom is 0.361 e. The monoisotopic (exact) mass is 236 g/mol. The van der Waals surface area contributed by atoms with Gasteiger partial charge in [-0.3, -0.25) is 0 Å². The molecule has 0 aliphatic heterocycles. The van der Waals surface area contributed by atoms with Crippen molar-refractivity contribution in [2.75, 3.05) is 13.7 Å². The molecule has 0 atom stereocenters. The Morgan fingerprint density at radius 1 is 1.44 bits per heavy atom. The van der Waals surface area contributed by atoms with Crippen LogP contribution in [0.25, 0.3) is 0 Å². The summed E-state index contributed by atoms with van der Waals surface area (Å²) in [5, 5.41) is 0. The molecular formula is C9H9F3NO3+. The van der Waals surface area contributed by atoms with Crippen LogP contribution in [0.5, 0.6) is 5.75 Å². The Morgan fingerprint density at radius 2 is 2.12 bits per heavy atom. The molecule has 0 bridgehead atoms. The Labute approximate surface area is 89.1 Å². The van der Waals surface area contributed by atoms with Gasteiger partial charge in [-0.1, -0.05) is 6.07 Å². The van der Waals surface area contributed by atoms with E-state index in [1.165, 1.54) is 12.1 Å². The van der Waals surface area contributed by atoms with Crippen molar-refractivity contribution in [2.45, 2.75) is 6.43 Å². The van der Waals surface area contributed by atoms with Crippen LogP contribution in [0.1, 0.15) is 0 Å². The summed E-state index contributed by atoms with van der Waals surface area (Å²) in [6.07, 6.45) is -2.75. The first-order valence-corrected chi connectivity index (χ1v) is 4.27. The highest BCUT2D eigenvalue weighted by Gasteiger charge is 2.26. The van der Waals surface area contributed by atoms with Crippen molar-refractivity contribution in [1.82, 2.24) is 0 Å². The van der Waals surface area contributed by atoms with Crippen LogP contribution in [0, 0.1) is 10.7 Å². The van der Waals surface area contributed by atoms with Crippen LogP contribution < -0.4 is 4.74 Å². The summed E-state index contributed by atoms with van der Waals surface area (Å²) in [6, 6.07) is 3.43. The van der Waals surface area contributed by atoms with Gasteiger partial charge in [0.05, 0.1) is 4.91 Å². The van der Waals surface area contributed by atoms with Crippen LogP contribution in [-0.4, -0.2) is 25.1 Å². The molecule has 4 nitrogen and oxygen atoms in total. The van der Waals surface area contributed by atoms with E-state index >= 15 is 0 Å². The second-order valence-corrected chi connectivity index (χ2v) is 2.73. The Bertz CT molecular complexity index is 384. The zero-order valence-electron chi connectivity index (χ0n) is 8.32. The summed E-state index contributed by atoms with van der Waals surface area (Å²) < 4.78 is 41.5. The molecule has 0 aromatic heterocycles. The van der Waals surface area contributed by atoms with Gasteiger partial charge < -0.3 is 4.74 Å². The Morgan fingerprint density at radius 3 is 2.69 bits per heavy atom. The normalized spacial score (nSPS) is 10.3. The summed E-state index contributed by atoms with van der Waals surface area (Å²) in [5.74, 6) is -1.46. The largest absolute Gasteiger partial charge is 0.479 e. The third-order valence-electron chi connectivity index (χ3n) is 1.66. The zero-order valence-corrected chi connectivity index (χ0v) is 8.32. The maximum absolute atomic E-state index is 13.2. The molecule has 1 aromatic carbocycles. The first-order chi connectivity index (χ1) is 7.56. The van der Waals surface area contributed by atoms with E-state index in [0.717, 1.165) is 13.2 Å². The highest BCUT2D eigenvalue weighted by Crippen LogP contribution is 2.30. The summed E-state index contributed by atoms with van der Waals surface area (Å²) in [5.41, 5.74) is -0.303. The van der Waals surface area contributed by atoms with E-state index in [1.54, 1.807) is 0 Å². The number of hydrogen-bond acceptors (Lipinski definition) is 3. The molecule has 0 saturated carbocycles. The highest BCUT2D eigenvalue weighted by molar-refractivity contribution is 5.46. The minimum absolute atomic E-state index is 0.0239. The molecule has 16 heavy (non-hydrogen) atoms. The number of halogens is 3. The third-order valence-corrected chi connectivity index (χ3v) is 1.66. The number of nitrogens with zero attached hydrogens (tertiary/aromatic N) is 1. The standard InChI is InChI=1S/C9H9F3NO3/c1-15-13(14)7-4-2-3-6(10)9(7)16-5-8(11)12/h2-4,8H,5H2,1H3/q+1. The van der Waals surface area contributed by atoms with E-state index in [4.69, 9.17) is 0 Å². The van der Waals surface area contributed by atoms with Crippen LogP contribution in [0.3, 0.4) is 0 Å².